The molecule has 3 nitrogen and oxygen atoms in total. The van der Waals surface area contributed by atoms with Crippen molar-refractivity contribution in [2.45, 2.75) is 13.0 Å². The molecule has 0 amide bonds. The number of aliphatic hydroxyl groups excluding tert-OH is 1. The van der Waals surface area contributed by atoms with E-state index >= 15 is 0 Å². The molecule has 1 N–H and O–H groups in total. The number of carbonyl (C=O) groups excluding carboxylic acids is 1. The molecule has 0 aliphatic heterocycles. The molecule has 0 fully saturated rings. The summed E-state index contributed by atoms with van der Waals surface area (Å²) in [6, 6.07) is 3.22. The average molecular weight is 230 g/mol. The molecule has 1 aromatic rings. The molecule has 0 heterocycles. The molecule has 0 spiro atoms. The Morgan fingerprint density at radius 2 is 1.88 bits per heavy atom. The molecule has 0 radical (unpaired) electrons. The highest BCUT2D eigenvalue weighted by Crippen LogP contribution is 2.27. The SMILES string of the molecule is COC(=O)C(C)C(O)c1c(F)cccc1F. The lowest BCUT2D eigenvalue weighted by Gasteiger charge is -2.17. The second kappa shape index (κ2) is 5.03. The van der Waals surface area contributed by atoms with Crippen LogP contribution in [0.5, 0.6) is 0 Å². The van der Waals surface area contributed by atoms with Gasteiger partial charge < -0.3 is 9.84 Å². The number of aliphatic hydroxyl groups is 1. The van der Waals surface area contributed by atoms with Crippen molar-refractivity contribution in [3.8, 4) is 0 Å². The lowest BCUT2D eigenvalue weighted by atomic mass is 9.96. The quantitative estimate of drug-likeness (QED) is 0.805. The van der Waals surface area contributed by atoms with E-state index in [4.69, 9.17) is 0 Å². The van der Waals surface area contributed by atoms with Gasteiger partial charge in [-0.25, -0.2) is 8.78 Å². The van der Waals surface area contributed by atoms with Crippen molar-refractivity contribution in [1.29, 1.82) is 0 Å². The summed E-state index contributed by atoms with van der Waals surface area (Å²) >= 11 is 0. The number of hydrogen-bond donors (Lipinski definition) is 1. The Kier molecular flexibility index (Phi) is 3.95. The third kappa shape index (κ3) is 2.36. The Morgan fingerprint density at radius 1 is 1.38 bits per heavy atom. The largest absolute Gasteiger partial charge is 0.469 e. The number of hydrogen-bond acceptors (Lipinski definition) is 3. The van der Waals surface area contributed by atoms with Crippen molar-refractivity contribution in [3.05, 3.63) is 35.4 Å². The Hall–Kier alpha value is -1.49. The average Bonchev–Trinajstić information content (AvgIpc) is 2.26. The van der Waals surface area contributed by atoms with Gasteiger partial charge in [-0.2, -0.15) is 0 Å². The van der Waals surface area contributed by atoms with Crippen LogP contribution in [0.4, 0.5) is 8.78 Å². The molecule has 2 atom stereocenters. The minimum atomic E-state index is -1.56. The molecule has 1 aromatic carbocycles. The van der Waals surface area contributed by atoms with Gasteiger partial charge in [-0.3, -0.25) is 4.79 Å². The van der Waals surface area contributed by atoms with E-state index in [-0.39, 0.29) is 0 Å². The standard InChI is InChI=1S/C11H12F2O3/c1-6(11(15)16-2)10(14)9-7(12)4-3-5-8(9)13/h3-6,10,14H,1-2H3. The zero-order valence-electron chi connectivity index (χ0n) is 8.91. The van der Waals surface area contributed by atoms with Crippen LogP contribution in [0.2, 0.25) is 0 Å². The first-order chi connectivity index (χ1) is 7.49. The molecule has 16 heavy (non-hydrogen) atoms. The molecule has 0 bridgehead atoms. The molecule has 0 aliphatic rings. The first-order valence-electron chi connectivity index (χ1n) is 4.68. The maximum Gasteiger partial charge on any atom is 0.311 e. The highest BCUT2D eigenvalue weighted by atomic mass is 19.1. The highest BCUT2D eigenvalue weighted by molar-refractivity contribution is 5.72. The fraction of sp³-hybridized carbons (Fsp3) is 0.364. The van der Waals surface area contributed by atoms with Crippen molar-refractivity contribution < 1.29 is 23.4 Å². The summed E-state index contributed by atoms with van der Waals surface area (Å²) in [5.41, 5.74) is -0.514. The second-order valence-corrected chi connectivity index (χ2v) is 3.39. The van der Waals surface area contributed by atoms with E-state index in [1.807, 2.05) is 0 Å². The monoisotopic (exact) mass is 230 g/mol. The third-order valence-electron chi connectivity index (χ3n) is 2.34. The summed E-state index contributed by atoms with van der Waals surface area (Å²) in [6.07, 6.45) is -1.56. The number of esters is 1. The number of carbonyl (C=O) groups is 1. The summed E-state index contributed by atoms with van der Waals surface area (Å²) in [5.74, 6) is -3.53. The number of ether oxygens (including phenoxy) is 1. The Balaban J connectivity index is 3.04. The van der Waals surface area contributed by atoms with Crippen LogP contribution >= 0.6 is 0 Å². The maximum atomic E-state index is 13.3. The zero-order valence-corrected chi connectivity index (χ0v) is 8.91. The van der Waals surface area contributed by atoms with Gasteiger partial charge in [0, 0.05) is 0 Å². The molecule has 88 valence electrons. The summed E-state index contributed by atoms with van der Waals surface area (Å²) in [5, 5.41) is 9.67. The smallest absolute Gasteiger partial charge is 0.311 e. The first-order valence-corrected chi connectivity index (χ1v) is 4.68. The summed E-state index contributed by atoms with van der Waals surface area (Å²) in [7, 11) is 1.14. The van der Waals surface area contributed by atoms with E-state index < -0.39 is 35.2 Å². The van der Waals surface area contributed by atoms with Crippen molar-refractivity contribution in [2.75, 3.05) is 7.11 Å². The van der Waals surface area contributed by atoms with Crippen LogP contribution < -0.4 is 0 Å². The van der Waals surface area contributed by atoms with Crippen LogP contribution in [-0.2, 0) is 9.53 Å². The van der Waals surface area contributed by atoms with Gasteiger partial charge in [0.05, 0.1) is 24.7 Å². The molecule has 0 saturated carbocycles. The number of benzene rings is 1. The molecule has 0 aromatic heterocycles. The van der Waals surface area contributed by atoms with Gasteiger partial charge in [-0.1, -0.05) is 6.07 Å². The van der Waals surface area contributed by atoms with Gasteiger partial charge in [-0.15, -0.1) is 0 Å². The normalized spacial score (nSPS) is 14.3. The van der Waals surface area contributed by atoms with Crippen molar-refractivity contribution in [2.24, 2.45) is 5.92 Å². The Labute approximate surface area is 91.7 Å². The molecule has 0 saturated heterocycles. The molecule has 0 aliphatic carbocycles. The lowest BCUT2D eigenvalue weighted by molar-refractivity contribution is -0.148. The van der Waals surface area contributed by atoms with E-state index in [1.54, 1.807) is 0 Å². The summed E-state index contributed by atoms with van der Waals surface area (Å²) < 4.78 is 30.9. The minimum Gasteiger partial charge on any atom is -0.469 e. The lowest BCUT2D eigenvalue weighted by Crippen LogP contribution is -2.22. The molecule has 5 heteroatoms. The van der Waals surface area contributed by atoms with E-state index in [1.165, 1.54) is 13.0 Å². The van der Waals surface area contributed by atoms with Gasteiger partial charge in [0.15, 0.2) is 0 Å². The predicted molar refractivity (Wildman–Crippen MR) is 52.5 cm³/mol. The minimum absolute atomic E-state index is 0.514. The summed E-state index contributed by atoms with van der Waals surface area (Å²) in [6.45, 7) is 1.34. The van der Waals surface area contributed by atoms with E-state index in [9.17, 15) is 18.7 Å². The van der Waals surface area contributed by atoms with Gasteiger partial charge in [0.1, 0.15) is 11.6 Å². The third-order valence-corrected chi connectivity index (χ3v) is 2.34. The van der Waals surface area contributed by atoms with Crippen LogP contribution in [0.1, 0.15) is 18.6 Å². The number of methoxy groups -OCH3 is 1. The first kappa shape index (κ1) is 12.6. The van der Waals surface area contributed by atoms with Crippen molar-refractivity contribution >= 4 is 5.97 Å². The van der Waals surface area contributed by atoms with Gasteiger partial charge in [0.25, 0.3) is 0 Å². The van der Waals surface area contributed by atoms with Crippen molar-refractivity contribution in [1.82, 2.24) is 0 Å². The topological polar surface area (TPSA) is 46.5 Å². The van der Waals surface area contributed by atoms with Crippen molar-refractivity contribution in [3.63, 3.8) is 0 Å². The molecule has 2 unspecified atom stereocenters. The fourth-order valence-electron chi connectivity index (χ4n) is 1.36. The number of halogens is 2. The van der Waals surface area contributed by atoms with Crippen LogP contribution in [0.15, 0.2) is 18.2 Å². The molecule has 1 rings (SSSR count). The van der Waals surface area contributed by atoms with Crippen LogP contribution in [0.3, 0.4) is 0 Å². The number of rotatable bonds is 3. The molecular formula is C11H12F2O3. The Morgan fingerprint density at radius 3 is 2.31 bits per heavy atom. The highest BCUT2D eigenvalue weighted by Gasteiger charge is 2.28. The molecular weight excluding hydrogens is 218 g/mol. The predicted octanol–water partition coefficient (Wildman–Crippen LogP) is 1.81. The van der Waals surface area contributed by atoms with Gasteiger partial charge in [0.2, 0.25) is 0 Å². The summed E-state index contributed by atoms with van der Waals surface area (Å²) in [4.78, 5) is 11.1. The second-order valence-electron chi connectivity index (χ2n) is 3.39. The van der Waals surface area contributed by atoms with Crippen LogP contribution in [0.25, 0.3) is 0 Å². The van der Waals surface area contributed by atoms with Gasteiger partial charge >= 0.3 is 5.97 Å². The van der Waals surface area contributed by atoms with Gasteiger partial charge in [-0.05, 0) is 19.1 Å². The van der Waals surface area contributed by atoms with Crippen LogP contribution in [-0.4, -0.2) is 18.2 Å². The Bertz CT molecular complexity index is 373. The van der Waals surface area contributed by atoms with E-state index in [0.717, 1.165) is 19.2 Å². The fourth-order valence-corrected chi connectivity index (χ4v) is 1.36. The zero-order chi connectivity index (χ0) is 12.3. The maximum absolute atomic E-state index is 13.3. The van der Waals surface area contributed by atoms with Crippen LogP contribution in [0, 0.1) is 17.6 Å². The van der Waals surface area contributed by atoms with E-state index in [2.05, 4.69) is 4.74 Å². The van der Waals surface area contributed by atoms with E-state index in [0.29, 0.717) is 0 Å².